The predicted octanol–water partition coefficient (Wildman–Crippen LogP) is 5.50. The number of carbonyl (C=O) groups is 1. The lowest BCUT2D eigenvalue weighted by atomic mass is 9.96. The van der Waals surface area contributed by atoms with E-state index in [4.69, 9.17) is 10.5 Å². The number of aldehydes is 1. The number of dihydropyridines is 1. The zero-order valence-corrected chi connectivity index (χ0v) is 21.4. The van der Waals surface area contributed by atoms with Gasteiger partial charge in [-0.25, -0.2) is 13.8 Å². The molecule has 2 N–H and O–H groups in total. The van der Waals surface area contributed by atoms with E-state index in [0.29, 0.717) is 17.3 Å². The van der Waals surface area contributed by atoms with E-state index in [9.17, 15) is 35.5 Å². The highest BCUT2D eigenvalue weighted by molar-refractivity contribution is 6.28. The molecule has 0 fully saturated rings. The molecule has 41 heavy (non-hydrogen) atoms. The number of nitrogens with two attached hydrogens (primary N) is 1. The number of hydrazone groups is 1. The number of anilines is 2. The van der Waals surface area contributed by atoms with Gasteiger partial charge >= 0.3 is 12.8 Å². The van der Waals surface area contributed by atoms with Crippen LogP contribution in [0.1, 0.15) is 11.1 Å². The van der Waals surface area contributed by atoms with Crippen LogP contribution in [-0.4, -0.2) is 64.0 Å². The lowest BCUT2D eigenvalue weighted by Gasteiger charge is -2.24. The molecule has 1 aliphatic heterocycles. The highest BCUT2D eigenvalue weighted by Crippen LogP contribution is 2.35. The number of benzene rings is 2. The van der Waals surface area contributed by atoms with Crippen molar-refractivity contribution in [3.63, 3.8) is 0 Å². The Balaban J connectivity index is 2.25. The molecule has 15 heteroatoms. The summed E-state index contributed by atoms with van der Waals surface area (Å²) in [5.41, 5.74) is 3.48. The monoisotopic (exact) mass is 585 g/mol. The Morgan fingerprint density at radius 2 is 1.80 bits per heavy atom. The number of rotatable bonds is 9. The van der Waals surface area contributed by atoms with Crippen molar-refractivity contribution in [1.29, 1.82) is 0 Å². The topological polar surface area (TPSA) is 102 Å². The minimum absolute atomic E-state index is 0.0544. The summed E-state index contributed by atoms with van der Waals surface area (Å²) in [6, 6.07) is 8.83. The van der Waals surface area contributed by atoms with Gasteiger partial charge in [0, 0.05) is 43.2 Å². The van der Waals surface area contributed by atoms with E-state index in [0.717, 1.165) is 29.3 Å². The maximum atomic E-state index is 14.3. The van der Waals surface area contributed by atoms with E-state index in [1.54, 1.807) is 0 Å². The fraction of sp³-hybridized carbons (Fsp3) is 0.231. The van der Waals surface area contributed by atoms with Gasteiger partial charge in [0.05, 0.1) is 11.3 Å². The summed E-state index contributed by atoms with van der Waals surface area (Å²) in [7, 11) is 2.81. The van der Waals surface area contributed by atoms with E-state index >= 15 is 0 Å². The van der Waals surface area contributed by atoms with Gasteiger partial charge in [0.1, 0.15) is 17.2 Å². The van der Waals surface area contributed by atoms with E-state index in [1.165, 1.54) is 38.5 Å². The minimum atomic E-state index is -5.11. The molecule has 8 nitrogen and oxygen atoms in total. The first kappa shape index (κ1) is 30.8. The van der Waals surface area contributed by atoms with Gasteiger partial charge in [0.25, 0.3) is 6.43 Å². The quantitative estimate of drug-likeness (QED) is 0.105. The van der Waals surface area contributed by atoms with Crippen LogP contribution in [0.25, 0.3) is 5.57 Å². The van der Waals surface area contributed by atoms with E-state index < -0.39 is 54.3 Å². The Morgan fingerprint density at radius 1 is 1.12 bits per heavy atom. The Bertz CT molecular complexity index is 1420. The SMILES string of the molecule is CN=Cc1cc(N(C)N=C2C(C(F)(F)F)=CC(OCC(F)F)=N/C2=C(/C=O)c2ccc(OC(F)F)cc2)ccc1N. The maximum Gasteiger partial charge on any atom is 0.418 e. The Hall–Kier alpha value is -4.69. The molecule has 0 radical (unpaired) electrons. The summed E-state index contributed by atoms with van der Waals surface area (Å²) < 4.78 is 103. The van der Waals surface area contributed by atoms with Crippen LogP contribution in [0.5, 0.6) is 5.75 Å². The Morgan fingerprint density at radius 3 is 2.37 bits per heavy atom. The zero-order valence-electron chi connectivity index (χ0n) is 21.4. The fourth-order valence-electron chi connectivity index (χ4n) is 3.54. The number of carbonyl (C=O) groups excluding carboxylic acids is 1. The largest absolute Gasteiger partial charge is 0.472 e. The highest BCUT2D eigenvalue weighted by atomic mass is 19.4. The van der Waals surface area contributed by atoms with Gasteiger partial charge in [-0.15, -0.1) is 0 Å². The van der Waals surface area contributed by atoms with Gasteiger partial charge in [-0.2, -0.15) is 27.1 Å². The summed E-state index contributed by atoms with van der Waals surface area (Å²) in [5.74, 6) is -1.13. The van der Waals surface area contributed by atoms with Gasteiger partial charge < -0.3 is 15.2 Å². The smallest absolute Gasteiger partial charge is 0.418 e. The Labute approximate surface area is 229 Å². The molecule has 0 atom stereocenters. The van der Waals surface area contributed by atoms with Gasteiger partial charge in [0.2, 0.25) is 5.90 Å². The van der Waals surface area contributed by atoms with Crippen molar-refractivity contribution in [1.82, 2.24) is 0 Å². The average Bonchev–Trinajstić information content (AvgIpc) is 2.90. The second-order valence-corrected chi connectivity index (χ2v) is 8.16. The van der Waals surface area contributed by atoms with Crippen LogP contribution in [0.3, 0.4) is 0 Å². The molecule has 0 saturated heterocycles. The predicted molar refractivity (Wildman–Crippen MR) is 140 cm³/mol. The number of halogens is 7. The van der Waals surface area contributed by atoms with Crippen LogP contribution in [0.2, 0.25) is 0 Å². The Kier molecular flexibility index (Phi) is 9.86. The second kappa shape index (κ2) is 13.1. The number of ether oxygens (including phenoxy) is 2. The van der Waals surface area contributed by atoms with Crippen molar-refractivity contribution >= 4 is 41.1 Å². The first-order chi connectivity index (χ1) is 19.3. The molecule has 0 aromatic heterocycles. The normalized spacial score (nSPS) is 16.2. The molecular formula is C26H22F7N5O3. The standard InChI is InChI=1S/C26H22F7N5O3/c1-35-11-15-9-16(5-8-20(15)34)38(2)37-24-19(26(31,32)33)10-22(40-13-21(27)28)36-23(24)18(12-39)14-3-6-17(7-4-14)41-25(29)30/h3-12,21,25H,13,34H2,1-2H3/b23-18-,35-11?,37-24?. The summed E-state index contributed by atoms with van der Waals surface area (Å²) in [4.78, 5) is 20.0. The summed E-state index contributed by atoms with van der Waals surface area (Å²) in [6.07, 6.45) is -6.16. The molecule has 1 heterocycles. The molecular weight excluding hydrogens is 563 g/mol. The molecule has 0 aliphatic carbocycles. The summed E-state index contributed by atoms with van der Waals surface area (Å²) >= 11 is 0. The van der Waals surface area contributed by atoms with Crippen molar-refractivity contribution in [3.8, 4) is 5.75 Å². The molecule has 2 aromatic carbocycles. The molecule has 0 saturated carbocycles. The summed E-state index contributed by atoms with van der Waals surface area (Å²) in [6.45, 7) is -4.42. The van der Waals surface area contributed by atoms with Crippen molar-refractivity contribution in [2.45, 2.75) is 19.2 Å². The van der Waals surface area contributed by atoms with Crippen molar-refractivity contribution in [2.24, 2.45) is 15.1 Å². The molecule has 0 amide bonds. The molecule has 3 rings (SSSR count). The molecule has 2 aromatic rings. The third kappa shape index (κ3) is 7.93. The van der Waals surface area contributed by atoms with E-state index in [-0.39, 0.29) is 23.3 Å². The van der Waals surface area contributed by atoms with Crippen LogP contribution in [0.4, 0.5) is 42.1 Å². The molecule has 1 aliphatic rings. The zero-order chi connectivity index (χ0) is 30.3. The fourth-order valence-corrected chi connectivity index (χ4v) is 3.54. The first-order valence-corrected chi connectivity index (χ1v) is 11.5. The number of nitrogen functional groups attached to an aromatic ring is 1. The summed E-state index contributed by atoms with van der Waals surface area (Å²) in [5, 5.41) is 5.13. The van der Waals surface area contributed by atoms with Crippen LogP contribution in [0, 0.1) is 0 Å². The van der Waals surface area contributed by atoms with Crippen molar-refractivity contribution in [3.05, 3.63) is 70.9 Å². The van der Waals surface area contributed by atoms with E-state index in [1.807, 2.05) is 0 Å². The number of nitrogens with zero attached hydrogens (tertiary/aromatic N) is 4. The van der Waals surface area contributed by atoms with Crippen LogP contribution < -0.4 is 15.5 Å². The third-order valence-corrected chi connectivity index (χ3v) is 5.36. The maximum absolute atomic E-state index is 14.3. The number of allylic oxidation sites excluding steroid dienone is 2. The number of hydrogen-bond acceptors (Lipinski definition) is 8. The van der Waals surface area contributed by atoms with Crippen LogP contribution in [-0.2, 0) is 9.53 Å². The number of alkyl halides is 7. The lowest BCUT2D eigenvalue weighted by molar-refractivity contribution is -0.103. The molecule has 218 valence electrons. The third-order valence-electron chi connectivity index (χ3n) is 5.36. The minimum Gasteiger partial charge on any atom is -0.472 e. The molecule has 0 spiro atoms. The van der Waals surface area contributed by atoms with E-state index in [2.05, 4.69) is 19.8 Å². The van der Waals surface area contributed by atoms with Crippen molar-refractivity contribution in [2.75, 3.05) is 31.4 Å². The van der Waals surface area contributed by atoms with Crippen LogP contribution >= 0.6 is 0 Å². The number of aliphatic imine (C=N–C) groups is 2. The van der Waals surface area contributed by atoms with Gasteiger partial charge in [0.15, 0.2) is 12.9 Å². The average molecular weight is 585 g/mol. The lowest BCUT2D eigenvalue weighted by Crippen LogP contribution is -2.30. The first-order valence-electron chi connectivity index (χ1n) is 11.5. The van der Waals surface area contributed by atoms with Gasteiger partial charge in [-0.1, -0.05) is 12.1 Å². The van der Waals surface area contributed by atoms with Crippen molar-refractivity contribution < 1.29 is 45.0 Å². The van der Waals surface area contributed by atoms with Crippen LogP contribution in [0.15, 0.2) is 74.9 Å². The second-order valence-electron chi connectivity index (χ2n) is 8.16. The van der Waals surface area contributed by atoms with Gasteiger partial charge in [-0.05, 0) is 35.9 Å². The molecule has 0 bridgehead atoms. The molecule has 0 unspecified atom stereocenters. The number of hydrogen-bond donors (Lipinski definition) is 1. The highest BCUT2D eigenvalue weighted by Gasteiger charge is 2.42. The van der Waals surface area contributed by atoms with Gasteiger partial charge in [-0.3, -0.25) is 14.8 Å².